The lowest BCUT2D eigenvalue weighted by molar-refractivity contribution is 0.144. The molecule has 6 heteroatoms. The fourth-order valence-electron chi connectivity index (χ4n) is 0.661. The zero-order chi connectivity index (χ0) is 9.30. The van der Waals surface area contributed by atoms with Gasteiger partial charge in [-0.2, -0.15) is 0 Å². The molecule has 0 aliphatic heterocycles. The molecule has 0 unspecified atom stereocenters. The number of nitrogens with zero attached hydrogens (tertiary/aromatic N) is 1. The van der Waals surface area contributed by atoms with Crippen molar-refractivity contribution in [2.45, 2.75) is 6.43 Å². The molecule has 0 N–H and O–H groups in total. The normalized spacial score (nSPS) is 10.8. The molecule has 0 radical (unpaired) electrons. The molecule has 0 bridgehead atoms. The van der Waals surface area contributed by atoms with E-state index in [1.54, 1.807) is 0 Å². The van der Waals surface area contributed by atoms with Gasteiger partial charge < -0.3 is 0 Å². The van der Waals surface area contributed by atoms with Gasteiger partial charge in [-0.15, -0.1) is 0 Å². The Morgan fingerprint density at radius 1 is 1.50 bits per heavy atom. The first-order valence-corrected chi connectivity index (χ1v) is 4.27. The first-order valence-electron chi connectivity index (χ1n) is 2.82. The SMILES string of the molecule is Fc1cc(Cl)nc(I)c1C(F)F. The van der Waals surface area contributed by atoms with Crippen molar-refractivity contribution in [1.29, 1.82) is 0 Å². The average Bonchev–Trinajstić information content (AvgIpc) is 1.82. The quantitative estimate of drug-likeness (QED) is 0.572. The number of hydrogen-bond acceptors (Lipinski definition) is 1. The van der Waals surface area contributed by atoms with E-state index in [2.05, 4.69) is 4.98 Å². The maximum atomic E-state index is 12.8. The number of alkyl halides is 2. The molecule has 1 aromatic heterocycles. The molecular weight excluding hydrogens is 305 g/mol. The summed E-state index contributed by atoms with van der Waals surface area (Å²) in [6.45, 7) is 0. The Balaban J connectivity index is 3.28. The highest BCUT2D eigenvalue weighted by Gasteiger charge is 2.18. The van der Waals surface area contributed by atoms with Gasteiger partial charge in [0.05, 0.1) is 5.56 Å². The van der Waals surface area contributed by atoms with Gasteiger partial charge in [-0.3, -0.25) is 0 Å². The van der Waals surface area contributed by atoms with Crippen LogP contribution in [0.1, 0.15) is 12.0 Å². The summed E-state index contributed by atoms with van der Waals surface area (Å²) in [5.41, 5.74) is -0.694. The van der Waals surface area contributed by atoms with Crippen LogP contribution in [0.4, 0.5) is 13.2 Å². The molecule has 12 heavy (non-hydrogen) atoms. The molecule has 0 amide bonds. The van der Waals surface area contributed by atoms with Gasteiger partial charge in [-0.25, -0.2) is 18.2 Å². The topological polar surface area (TPSA) is 12.9 Å². The second-order valence-electron chi connectivity index (χ2n) is 1.93. The summed E-state index contributed by atoms with van der Waals surface area (Å²) in [6, 6.07) is 0.769. The summed E-state index contributed by atoms with van der Waals surface area (Å²) in [4.78, 5) is 3.49. The molecule has 0 aromatic carbocycles. The number of halogens is 5. The lowest BCUT2D eigenvalue weighted by atomic mass is 10.3. The molecule has 0 aliphatic rings. The Morgan fingerprint density at radius 3 is 2.50 bits per heavy atom. The van der Waals surface area contributed by atoms with Crippen molar-refractivity contribution in [1.82, 2.24) is 4.98 Å². The summed E-state index contributed by atoms with van der Waals surface area (Å²) >= 11 is 6.84. The van der Waals surface area contributed by atoms with E-state index in [4.69, 9.17) is 11.6 Å². The maximum absolute atomic E-state index is 12.8. The van der Waals surface area contributed by atoms with E-state index in [0.29, 0.717) is 0 Å². The molecular formula is C6H2ClF3IN. The van der Waals surface area contributed by atoms with Crippen LogP contribution in [0.2, 0.25) is 5.15 Å². The van der Waals surface area contributed by atoms with Crippen LogP contribution in [0.25, 0.3) is 0 Å². The first-order chi connectivity index (χ1) is 5.52. The Morgan fingerprint density at radius 2 is 2.08 bits per heavy atom. The molecule has 0 saturated heterocycles. The molecule has 0 fully saturated rings. The van der Waals surface area contributed by atoms with Crippen molar-refractivity contribution >= 4 is 34.2 Å². The molecule has 0 aliphatic carbocycles. The minimum absolute atomic E-state index is 0.104. The first kappa shape index (κ1) is 10.0. The van der Waals surface area contributed by atoms with Crippen LogP contribution >= 0.6 is 34.2 Å². The Hall–Kier alpha value is -0.0400. The lowest BCUT2D eigenvalue weighted by Crippen LogP contribution is -1.98. The molecule has 1 nitrogen and oxygen atoms in total. The smallest absolute Gasteiger partial charge is 0.229 e. The molecule has 66 valence electrons. The standard InChI is InChI=1S/C6H2ClF3IN/c7-3-1-2(8)4(5(9)10)6(11)12-3/h1,5H. The van der Waals surface area contributed by atoms with Crippen molar-refractivity contribution in [3.63, 3.8) is 0 Å². The molecule has 0 atom stereocenters. The fourth-order valence-corrected chi connectivity index (χ4v) is 1.74. The van der Waals surface area contributed by atoms with E-state index in [0.717, 1.165) is 6.07 Å². The molecule has 0 saturated carbocycles. The van der Waals surface area contributed by atoms with Crippen LogP contribution in [0, 0.1) is 9.52 Å². The summed E-state index contributed by atoms with van der Waals surface area (Å²) in [7, 11) is 0. The third-order valence-electron chi connectivity index (χ3n) is 1.15. The summed E-state index contributed by atoms with van der Waals surface area (Å²) in [6.07, 6.45) is -2.86. The third kappa shape index (κ3) is 2.01. The highest BCUT2D eigenvalue weighted by atomic mass is 127. The van der Waals surface area contributed by atoms with Crippen LogP contribution < -0.4 is 0 Å². The van der Waals surface area contributed by atoms with Gasteiger partial charge in [0.1, 0.15) is 14.7 Å². The number of hydrogen-bond donors (Lipinski definition) is 0. The van der Waals surface area contributed by atoms with Crippen molar-refractivity contribution in [3.8, 4) is 0 Å². The summed E-state index contributed by atoms with van der Waals surface area (Å²) in [5, 5.41) is -0.124. The molecule has 1 aromatic rings. The van der Waals surface area contributed by atoms with E-state index in [-0.39, 0.29) is 8.85 Å². The number of rotatable bonds is 1. The van der Waals surface area contributed by atoms with E-state index in [9.17, 15) is 13.2 Å². The number of aromatic nitrogens is 1. The van der Waals surface area contributed by atoms with Gasteiger partial charge >= 0.3 is 0 Å². The second kappa shape index (κ2) is 3.78. The van der Waals surface area contributed by atoms with Crippen LogP contribution in [0.15, 0.2) is 6.07 Å². The van der Waals surface area contributed by atoms with Crippen LogP contribution in [-0.2, 0) is 0 Å². The monoisotopic (exact) mass is 307 g/mol. The molecule has 1 heterocycles. The number of pyridine rings is 1. The second-order valence-corrected chi connectivity index (χ2v) is 3.34. The van der Waals surface area contributed by atoms with Gasteiger partial charge in [-0.1, -0.05) is 11.6 Å². The van der Waals surface area contributed by atoms with Crippen molar-refractivity contribution in [2.75, 3.05) is 0 Å². The van der Waals surface area contributed by atoms with Crippen molar-refractivity contribution in [3.05, 3.63) is 26.3 Å². The Bertz CT molecular complexity index is 282. The molecule has 0 spiro atoms. The Labute approximate surface area is 85.1 Å². The third-order valence-corrected chi connectivity index (χ3v) is 2.16. The predicted octanol–water partition coefficient (Wildman–Crippen LogP) is 3.42. The van der Waals surface area contributed by atoms with Crippen molar-refractivity contribution in [2.24, 2.45) is 0 Å². The van der Waals surface area contributed by atoms with Crippen LogP contribution in [0.5, 0.6) is 0 Å². The van der Waals surface area contributed by atoms with Gasteiger partial charge in [0.25, 0.3) is 6.43 Å². The fraction of sp³-hybridized carbons (Fsp3) is 0.167. The minimum atomic E-state index is -2.86. The highest BCUT2D eigenvalue weighted by Crippen LogP contribution is 2.27. The van der Waals surface area contributed by atoms with Gasteiger partial charge in [0, 0.05) is 6.07 Å². The Kier molecular flexibility index (Phi) is 3.16. The van der Waals surface area contributed by atoms with E-state index in [1.165, 1.54) is 22.6 Å². The maximum Gasteiger partial charge on any atom is 0.269 e. The van der Waals surface area contributed by atoms with E-state index < -0.39 is 17.8 Å². The van der Waals surface area contributed by atoms with Crippen LogP contribution in [0.3, 0.4) is 0 Å². The van der Waals surface area contributed by atoms with Gasteiger partial charge in [0.2, 0.25) is 0 Å². The zero-order valence-corrected chi connectivity index (χ0v) is 8.41. The predicted molar refractivity (Wildman–Crippen MR) is 46.9 cm³/mol. The minimum Gasteiger partial charge on any atom is -0.229 e. The van der Waals surface area contributed by atoms with Crippen molar-refractivity contribution < 1.29 is 13.2 Å². The zero-order valence-electron chi connectivity index (χ0n) is 5.49. The van der Waals surface area contributed by atoms with E-state index in [1.807, 2.05) is 0 Å². The summed E-state index contributed by atoms with van der Waals surface area (Å²) in [5.74, 6) is -1.02. The lowest BCUT2D eigenvalue weighted by Gasteiger charge is -2.03. The highest BCUT2D eigenvalue weighted by molar-refractivity contribution is 14.1. The van der Waals surface area contributed by atoms with Crippen LogP contribution in [-0.4, -0.2) is 4.98 Å². The summed E-state index contributed by atoms with van der Waals surface area (Å²) < 4.78 is 36.8. The largest absolute Gasteiger partial charge is 0.269 e. The molecule has 1 rings (SSSR count). The van der Waals surface area contributed by atoms with Gasteiger partial charge in [0.15, 0.2) is 0 Å². The van der Waals surface area contributed by atoms with E-state index >= 15 is 0 Å². The van der Waals surface area contributed by atoms with Gasteiger partial charge in [-0.05, 0) is 22.6 Å². The average molecular weight is 307 g/mol.